The smallest absolute Gasteiger partial charge is 0.0622 e. The molecule has 2 aliphatic rings. The van der Waals surface area contributed by atoms with Gasteiger partial charge in [0.25, 0.3) is 0 Å². The highest BCUT2D eigenvalue weighted by atomic mass is 16.5. The molecule has 1 N–H and O–H groups in total. The number of rotatable bonds is 4. The van der Waals surface area contributed by atoms with Gasteiger partial charge in [0, 0.05) is 24.7 Å². The van der Waals surface area contributed by atoms with Crippen molar-refractivity contribution in [2.75, 3.05) is 26.8 Å². The maximum absolute atomic E-state index is 5.56. The fourth-order valence-corrected chi connectivity index (χ4v) is 3.57. The van der Waals surface area contributed by atoms with Crippen LogP contribution in [0.3, 0.4) is 0 Å². The lowest BCUT2D eigenvalue weighted by molar-refractivity contribution is 0.0997. The molecule has 3 heteroatoms. The topological polar surface area (TPSA) is 24.5 Å². The Hall–Kier alpha value is -0.120. The first-order chi connectivity index (χ1) is 8.83. The zero-order valence-corrected chi connectivity index (χ0v) is 12.2. The van der Waals surface area contributed by atoms with Gasteiger partial charge in [0.15, 0.2) is 0 Å². The van der Waals surface area contributed by atoms with Crippen LogP contribution in [-0.4, -0.2) is 49.8 Å². The summed E-state index contributed by atoms with van der Waals surface area (Å²) in [6.07, 6.45) is 9.54. The first-order valence-electron chi connectivity index (χ1n) is 7.86. The van der Waals surface area contributed by atoms with Crippen LogP contribution in [0.25, 0.3) is 0 Å². The molecule has 3 nitrogen and oxygen atoms in total. The van der Waals surface area contributed by atoms with Crippen LogP contribution >= 0.6 is 0 Å². The summed E-state index contributed by atoms with van der Waals surface area (Å²) in [4.78, 5) is 2.62. The highest BCUT2D eigenvalue weighted by molar-refractivity contribution is 4.88. The van der Waals surface area contributed by atoms with E-state index >= 15 is 0 Å². The summed E-state index contributed by atoms with van der Waals surface area (Å²) in [6, 6.07) is 2.04. The van der Waals surface area contributed by atoms with E-state index in [1.807, 2.05) is 0 Å². The maximum atomic E-state index is 5.56. The lowest BCUT2D eigenvalue weighted by Crippen LogP contribution is -2.52. The molecule has 3 atom stereocenters. The van der Waals surface area contributed by atoms with Gasteiger partial charge < -0.3 is 10.1 Å². The summed E-state index contributed by atoms with van der Waals surface area (Å²) in [5, 5.41) is 3.72. The lowest BCUT2D eigenvalue weighted by atomic mass is 9.90. The fraction of sp³-hybridized carbons (Fsp3) is 1.00. The monoisotopic (exact) mass is 254 g/mol. The van der Waals surface area contributed by atoms with Crippen molar-refractivity contribution in [2.45, 2.75) is 70.0 Å². The van der Waals surface area contributed by atoms with Gasteiger partial charge in [-0.25, -0.2) is 0 Å². The van der Waals surface area contributed by atoms with E-state index in [0.717, 1.165) is 19.8 Å². The quantitative estimate of drug-likeness (QED) is 0.834. The van der Waals surface area contributed by atoms with Crippen LogP contribution in [0.4, 0.5) is 0 Å². The lowest BCUT2D eigenvalue weighted by Gasteiger charge is -2.39. The Morgan fingerprint density at radius 1 is 1.11 bits per heavy atom. The van der Waals surface area contributed by atoms with Crippen molar-refractivity contribution in [3.05, 3.63) is 0 Å². The second kappa shape index (κ2) is 7.46. The van der Waals surface area contributed by atoms with Gasteiger partial charge in [-0.05, 0) is 32.9 Å². The number of hydrogen-bond acceptors (Lipinski definition) is 3. The molecule has 2 fully saturated rings. The van der Waals surface area contributed by atoms with Crippen LogP contribution in [-0.2, 0) is 4.74 Å². The van der Waals surface area contributed by atoms with Gasteiger partial charge >= 0.3 is 0 Å². The molecule has 2 rings (SSSR count). The molecule has 0 aromatic carbocycles. The number of likely N-dealkylation sites (N-methyl/N-ethyl adjacent to an activating group) is 2. The molecule has 1 aliphatic carbocycles. The van der Waals surface area contributed by atoms with Gasteiger partial charge in [0.05, 0.1) is 6.61 Å². The molecule has 1 saturated carbocycles. The van der Waals surface area contributed by atoms with E-state index in [4.69, 9.17) is 4.74 Å². The molecule has 0 aromatic heterocycles. The third kappa shape index (κ3) is 3.69. The number of nitrogens with zero attached hydrogens (tertiary/aromatic N) is 1. The van der Waals surface area contributed by atoms with Crippen molar-refractivity contribution < 1.29 is 4.74 Å². The number of hydrogen-bond donors (Lipinski definition) is 1. The molecule has 106 valence electrons. The van der Waals surface area contributed by atoms with Gasteiger partial charge in [0.1, 0.15) is 0 Å². The molecule has 1 heterocycles. The Morgan fingerprint density at radius 2 is 1.89 bits per heavy atom. The molecule has 0 spiro atoms. The van der Waals surface area contributed by atoms with Gasteiger partial charge in [-0.3, -0.25) is 4.90 Å². The van der Waals surface area contributed by atoms with E-state index in [9.17, 15) is 0 Å². The fourth-order valence-electron chi connectivity index (χ4n) is 3.57. The van der Waals surface area contributed by atoms with Crippen LogP contribution < -0.4 is 5.32 Å². The van der Waals surface area contributed by atoms with E-state index in [-0.39, 0.29) is 0 Å². The third-order valence-corrected chi connectivity index (χ3v) is 4.70. The Labute approximate surface area is 112 Å². The molecular weight excluding hydrogens is 224 g/mol. The SMILES string of the molecule is CCNC1CCCCCCC1N(C)C1CCOC1. The van der Waals surface area contributed by atoms with Crippen molar-refractivity contribution in [3.8, 4) is 0 Å². The summed E-state index contributed by atoms with van der Waals surface area (Å²) in [5.41, 5.74) is 0. The van der Waals surface area contributed by atoms with E-state index in [0.29, 0.717) is 18.1 Å². The summed E-state index contributed by atoms with van der Waals surface area (Å²) in [6.45, 7) is 5.21. The zero-order valence-electron chi connectivity index (χ0n) is 12.2. The normalized spacial score (nSPS) is 34.5. The van der Waals surface area contributed by atoms with Crippen LogP contribution in [0.1, 0.15) is 51.9 Å². The third-order valence-electron chi connectivity index (χ3n) is 4.70. The molecular formula is C15H30N2O. The first kappa shape index (κ1) is 14.3. The highest BCUT2D eigenvalue weighted by Gasteiger charge is 2.31. The number of ether oxygens (including phenoxy) is 1. The Bertz CT molecular complexity index is 227. The Morgan fingerprint density at radius 3 is 2.56 bits per heavy atom. The largest absolute Gasteiger partial charge is 0.380 e. The Kier molecular flexibility index (Phi) is 5.93. The minimum absolute atomic E-state index is 0.649. The minimum atomic E-state index is 0.649. The summed E-state index contributed by atoms with van der Waals surface area (Å²) < 4.78 is 5.56. The standard InChI is InChI=1S/C15H30N2O/c1-3-16-14-8-6-4-5-7-9-15(14)17(2)13-10-11-18-12-13/h13-16H,3-12H2,1-2H3. The molecule has 3 unspecified atom stereocenters. The summed E-state index contributed by atoms with van der Waals surface area (Å²) in [5.74, 6) is 0. The zero-order chi connectivity index (χ0) is 12.8. The van der Waals surface area contributed by atoms with Crippen molar-refractivity contribution >= 4 is 0 Å². The average Bonchev–Trinajstić information content (AvgIpc) is 2.86. The summed E-state index contributed by atoms with van der Waals surface area (Å²) in [7, 11) is 2.32. The van der Waals surface area contributed by atoms with E-state index in [1.54, 1.807) is 0 Å². The average molecular weight is 254 g/mol. The van der Waals surface area contributed by atoms with Gasteiger partial charge in [-0.2, -0.15) is 0 Å². The second-order valence-electron chi connectivity index (χ2n) is 5.91. The highest BCUT2D eigenvalue weighted by Crippen LogP contribution is 2.24. The number of nitrogens with one attached hydrogen (secondary N) is 1. The van der Waals surface area contributed by atoms with Crippen molar-refractivity contribution in [1.29, 1.82) is 0 Å². The van der Waals surface area contributed by atoms with Gasteiger partial charge in [0.2, 0.25) is 0 Å². The van der Waals surface area contributed by atoms with Crippen molar-refractivity contribution in [3.63, 3.8) is 0 Å². The van der Waals surface area contributed by atoms with Crippen molar-refractivity contribution in [2.24, 2.45) is 0 Å². The van der Waals surface area contributed by atoms with E-state index < -0.39 is 0 Å². The van der Waals surface area contributed by atoms with Gasteiger partial charge in [-0.15, -0.1) is 0 Å². The van der Waals surface area contributed by atoms with Crippen LogP contribution in [0, 0.1) is 0 Å². The first-order valence-corrected chi connectivity index (χ1v) is 7.86. The van der Waals surface area contributed by atoms with E-state index in [2.05, 4.69) is 24.2 Å². The molecule has 0 aromatic rings. The Balaban J connectivity index is 1.97. The minimum Gasteiger partial charge on any atom is -0.380 e. The van der Waals surface area contributed by atoms with Crippen LogP contribution in [0.2, 0.25) is 0 Å². The molecule has 0 amide bonds. The van der Waals surface area contributed by atoms with Crippen LogP contribution in [0.5, 0.6) is 0 Å². The summed E-state index contributed by atoms with van der Waals surface area (Å²) >= 11 is 0. The predicted molar refractivity (Wildman–Crippen MR) is 75.9 cm³/mol. The van der Waals surface area contributed by atoms with E-state index in [1.165, 1.54) is 44.9 Å². The molecule has 0 radical (unpaired) electrons. The van der Waals surface area contributed by atoms with Crippen LogP contribution in [0.15, 0.2) is 0 Å². The maximum Gasteiger partial charge on any atom is 0.0622 e. The predicted octanol–water partition coefficient (Wildman–Crippen LogP) is 2.41. The molecule has 0 bridgehead atoms. The van der Waals surface area contributed by atoms with Crippen molar-refractivity contribution in [1.82, 2.24) is 10.2 Å². The second-order valence-corrected chi connectivity index (χ2v) is 5.91. The molecule has 18 heavy (non-hydrogen) atoms. The molecule has 1 aliphatic heterocycles. The molecule has 1 saturated heterocycles. The van der Waals surface area contributed by atoms with Gasteiger partial charge in [-0.1, -0.05) is 32.6 Å².